The second kappa shape index (κ2) is 10.7. The van der Waals surface area contributed by atoms with Gasteiger partial charge in [-0.1, -0.05) is 42.5 Å². The first-order valence-corrected chi connectivity index (χ1v) is 11.5. The average Bonchev–Trinajstić information content (AvgIpc) is 2.90. The highest BCUT2D eigenvalue weighted by molar-refractivity contribution is 5.73. The molecular formula is C28H27F2N3O3. The smallest absolute Gasteiger partial charge is 0.253 e. The molecule has 4 aromatic rings. The first-order chi connectivity index (χ1) is 17.3. The molecule has 0 fully saturated rings. The molecule has 8 heteroatoms. The summed E-state index contributed by atoms with van der Waals surface area (Å²) in [6, 6.07) is 18.7. The standard InChI is InChI=1S/C28H27F2N3O3/c1-16(19-9-12-22(29)23(30)14-19)33-24(18-7-10-21(36-3)11-8-18)20-6-4-5-17(13-20)15-32-26-25(31-2)27(34)28(26)35/h4-14,16,24,31-33H,15H2,1-3H3. The van der Waals surface area contributed by atoms with Crippen molar-refractivity contribution in [3.63, 3.8) is 0 Å². The largest absolute Gasteiger partial charge is 0.497 e. The maximum Gasteiger partial charge on any atom is 0.253 e. The van der Waals surface area contributed by atoms with Crippen LogP contribution >= 0.6 is 0 Å². The van der Waals surface area contributed by atoms with Gasteiger partial charge in [0, 0.05) is 19.6 Å². The molecule has 4 aromatic carbocycles. The van der Waals surface area contributed by atoms with Crippen molar-refractivity contribution in [1.29, 1.82) is 0 Å². The van der Waals surface area contributed by atoms with Gasteiger partial charge in [-0.2, -0.15) is 0 Å². The van der Waals surface area contributed by atoms with Crippen LogP contribution in [0.5, 0.6) is 5.75 Å². The van der Waals surface area contributed by atoms with Crippen LogP contribution in [-0.2, 0) is 6.54 Å². The van der Waals surface area contributed by atoms with Gasteiger partial charge in [0.15, 0.2) is 11.6 Å². The molecule has 4 rings (SSSR count). The molecule has 3 N–H and O–H groups in total. The van der Waals surface area contributed by atoms with Gasteiger partial charge in [-0.15, -0.1) is 0 Å². The van der Waals surface area contributed by atoms with E-state index in [9.17, 15) is 18.4 Å². The van der Waals surface area contributed by atoms with Crippen LogP contribution in [0.25, 0.3) is 0 Å². The number of rotatable bonds is 10. The van der Waals surface area contributed by atoms with Gasteiger partial charge < -0.3 is 15.4 Å². The van der Waals surface area contributed by atoms with E-state index in [-0.39, 0.29) is 23.5 Å². The van der Waals surface area contributed by atoms with Gasteiger partial charge >= 0.3 is 0 Å². The molecule has 0 aromatic heterocycles. The molecule has 6 nitrogen and oxygen atoms in total. The van der Waals surface area contributed by atoms with Crippen LogP contribution in [0.15, 0.2) is 76.3 Å². The van der Waals surface area contributed by atoms with Gasteiger partial charge in [0.05, 0.1) is 13.2 Å². The second-order valence-corrected chi connectivity index (χ2v) is 8.52. The molecule has 0 heterocycles. The molecular weight excluding hydrogens is 464 g/mol. The number of anilines is 2. The van der Waals surface area contributed by atoms with Gasteiger partial charge in [0.1, 0.15) is 17.1 Å². The number of hydrogen-bond acceptors (Lipinski definition) is 6. The van der Waals surface area contributed by atoms with Crippen LogP contribution in [-0.4, -0.2) is 14.2 Å². The Hall–Kier alpha value is -4.04. The minimum absolute atomic E-state index is 0.280. The van der Waals surface area contributed by atoms with Crippen LogP contribution in [0.2, 0.25) is 0 Å². The van der Waals surface area contributed by atoms with Crippen molar-refractivity contribution in [2.24, 2.45) is 0 Å². The van der Waals surface area contributed by atoms with Crippen molar-refractivity contribution in [2.45, 2.75) is 25.6 Å². The molecule has 2 atom stereocenters. The summed E-state index contributed by atoms with van der Waals surface area (Å²) in [5.74, 6) is -1.06. The number of halogens is 2. The van der Waals surface area contributed by atoms with E-state index >= 15 is 0 Å². The fourth-order valence-corrected chi connectivity index (χ4v) is 4.18. The van der Waals surface area contributed by atoms with Crippen LogP contribution < -0.4 is 31.5 Å². The van der Waals surface area contributed by atoms with E-state index in [4.69, 9.17) is 4.74 Å². The molecule has 0 radical (unpaired) electrons. The summed E-state index contributed by atoms with van der Waals surface area (Å²) in [6.45, 7) is 2.24. The third-order valence-electron chi connectivity index (χ3n) is 6.22. The highest BCUT2D eigenvalue weighted by atomic mass is 19.2. The van der Waals surface area contributed by atoms with E-state index in [1.54, 1.807) is 20.2 Å². The molecule has 0 amide bonds. The van der Waals surface area contributed by atoms with Crippen LogP contribution in [0, 0.1) is 11.6 Å². The molecule has 186 valence electrons. The van der Waals surface area contributed by atoms with Crippen molar-refractivity contribution in [3.05, 3.63) is 121 Å². The van der Waals surface area contributed by atoms with E-state index in [0.29, 0.717) is 12.1 Å². The Kier molecular flexibility index (Phi) is 7.45. The van der Waals surface area contributed by atoms with Crippen molar-refractivity contribution < 1.29 is 13.5 Å². The Morgan fingerprint density at radius 1 is 0.833 bits per heavy atom. The monoisotopic (exact) mass is 491 g/mol. The molecule has 0 spiro atoms. The van der Waals surface area contributed by atoms with Gasteiger partial charge in [0.2, 0.25) is 0 Å². The van der Waals surface area contributed by atoms with Gasteiger partial charge in [0.25, 0.3) is 10.9 Å². The minimum Gasteiger partial charge on any atom is -0.497 e. The number of methoxy groups -OCH3 is 1. The van der Waals surface area contributed by atoms with Crippen LogP contribution in [0.3, 0.4) is 0 Å². The van der Waals surface area contributed by atoms with E-state index in [0.717, 1.165) is 28.5 Å². The summed E-state index contributed by atoms with van der Waals surface area (Å²) in [6.07, 6.45) is 0. The maximum atomic E-state index is 13.9. The first-order valence-electron chi connectivity index (χ1n) is 11.5. The third-order valence-corrected chi connectivity index (χ3v) is 6.22. The molecule has 0 bridgehead atoms. The third kappa shape index (κ3) is 5.13. The van der Waals surface area contributed by atoms with Crippen molar-refractivity contribution >= 4 is 11.4 Å². The SMILES string of the molecule is CNc1c(NCc2cccc(C(NC(C)c3ccc(F)c(F)c3)c3ccc(OC)cc3)c2)c(=O)c1=O. The highest BCUT2D eigenvalue weighted by Crippen LogP contribution is 2.29. The molecule has 0 saturated heterocycles. The number of hydrogen-bond donors (Lipinski definition) is 3. The van der Waals surface area contributed by atoms with Crippen LogP contribution in [0.4, 0.5) is 20.2 Å². The van der Waals surface area contributed by atoms with Crippen molar-refractivity contribution in [2.75, 3.05) is 24.8 Å². The first kappa shape index (κ1) is 25.1. The lowest BCUT2D eigenvalue weighted by molar-refractivity contribution is 0.414. The predicted molar refractivity (Wildman–Crippen MR) is 137 cm³/mol. The average molecular weight is 492 g/mol. The Labute approximate surface area is 207 Å². The molecule has 0 aliphatic carbocycles. The Morgan fingerprint density at radius 2 is 1.53 bits per heavy atom. The van der Waals surface area contributed by atoms with Crippen LogP contribution in [0.1, 0.15) is 41.3 Å². The number of nitrogens with one attached hydrogen (secondary N) is 3. The fraction of sp³-hybridized carbons (Fsp3) is 0.214. The van der Waals surface area contributed by atoms with Crippen molar-refractivity contribution in [3.8, 4) is 5.75 Å². The second-order valence-electron chi connectivity index (χ2n) is 8.52. The molecule has 0 aliphatic rings. The summed E-state index contributed by atoms with van der Waals surface area (Å²) in [7, 11) is 3.20. The zero-order valence-corrected chi connectivity index (χ0v) is 20.2. The van der Waals surface area contributed by atoms with E-state index in [1.807, 2.05) is 55.5 Å². The minimum atomic E-state index is -0.894. The van der Waals surface area contributed by atoms with Crippen molar-refractivity contribution in [1.82, 2.24) is 5.32 Å². The zero-order valence-electron chi connectivity index (χ0n) is 20.2. The summed E-state index contributed by atoms with van der Waals surface area (Å²) < 4.78 is 32.6. The summed E-state index contributed by atoms with van der Waals surface area (Å²) in [4.78, 5) is 23.5. The summed E-state index contributed by atoms with van der Waals surface area (Å²) >= 11 is 0. The Bertz CT molecular complexity index is 1430. The Balaban J connectivity index is 1.62. The number of ether oxygens (including phenoxy) is 1. The lowest BCUT2D eigenvalue weighted by atomic mass is 9.95. The lowest BCUT2D eigenvalue weighted by Gasteiger charge is -2.25. The van der Waals surface area contributed by atoms with E-state index < -0.39 is 22.5 Å². The van der Waals surface area contributed by atoms with Gasteiger partial charge in [-0.3, -0.25) is 14.9 Å². The molecule has 36 heavy (non-hydrogen) atoms. The molecule has 2 unspecified atom stereocenters. The normalized spacial score (nSPS) is 12.8. The van der Waals surface area contributed by atoms with Gasteiger partial charge in [-0.25, -0.2) is 8.78 Å². The Morgan fingerprint density at radius 3 is 2.19 bits per heavy atom. The van der Waals surface area contributed by atoms with Gasteiger partial charge in [-0.05, 0) is 53.4 Å². The maximum absolute atomic E-state index is 13.9. The molecule has 0 saturated carbocycles. The lowest BCUT2D eigenvalue weighted by Crippen LogP contribution is -2.36. The summed E-state index contributed by atoms with van der Waals surface area (Å²) in [5.41, 5.74) is 2.92. The molecule has 0 aliphatic heterocycles. The highest BCUT2D eigenvalue weighted by Gasteiger charge is 2.21. The zero-order chi connectivity index (χ0) is 25.8. The predicted octanol–water partition coefficient (Wildman–Crippen LogP) is 4.66. The van der Waals surface area contributed by atoms with E-state index in [1.165, 1.54) is 6.07 Å². The fourth-order valence-electron chi connectivity index (χ4n) is 4.18. The quantitative estimate of drug-likeness (QED) is 0.280. The number of benzene rings is 3. The van der Waals surface area contributed by atoms with E-state index in [2.05, 4.69) is 16.0 Å². The summed E-state index contributed by atoms with van der Waals surface area (Å²) in [5, 5.41) is 9.32. The topological polar surface area (TPSA) is 79.5 Å².